The van der Waals surface area contributed by atoms with Crippen LogP contribution in [0.5, 0.6) is 0 Å². The monoisotopic (exact) mass is 161 g/mol. The molecular formula is C11H13O. The van der Waals surface area contributed by atoms with E-state index >= 15 is 0 Å². The summed E-state index contributed by atoms with van der Waals surface area (Å²) in [6, 6.07) is 3.84. The highest BCUT2D eigenvalue weighted by Crippen LogP contribution is 2.16. The molecule has 63 valence electrons. The molecule has 0 saturated carbocycles. The summed E-state index contributed by atoms with van der Waals surface area (Å²) in [7, 11) is 0. The quantitative estimate of drug-likeness (QED) is 0.650. The first-order valence-electron chi connectivity index (χ1n) is 4.18. The molecule has 12 heavy (non-hydrogen) atoms. The highest BCUT2D eigenvalue weighted by atomic mass is 16.1. The number of carbonyl (C=O) groups excluding carboxylic acids is 1. The Balaban J connectivity index is 3.29. The van der Waals surface area contributed by atoms with Gasteiger partial charge < -0.3 is 0 Å². The summed E-state index contributed by atoms with van der Waals surface area (Å²) in [5, 5.41) is 0. The van der Waals surface area contributed by atoms with Gasteiger partial charge in [0.15, 0.2) is 0 Å². The maximum Gasteiger partial charge on any atom is 0.233 e. The van der Waals surface area contributed by atoms with Gasteiger partial charge in [-0.25, -0.2) is 0 Å². The molecular weight excluding hydrogens is 148 g/mol. The molecule has 1 heteroatoms. The summed E-state index contributed by atoms with van der Waals surface area (Å²) >= 11 is 0. The number of benzene rings is 1. The Hall–Kier alpha value is -1.11. The molecule has 0 amide bonds. The lowest BCUT2D eigenvalue weighted by Crippen LogP contribution is -1.95. The highest BCUT2D eigenvalue weighted by molar-refractivity contribution is 5.78. The highest BCUT2D eigenvalue weighted by Gasteiger charge is 2.03. The maximum atomic E-state index is 10.5. The summed E-state index contributed by atoms with van der Waals surface area (Å²) < 4.78 is 0. The van der Waals surface area contributed by atoms with E-state index in [9.17, 15) is 4.79 Å². The van der Waals surface area contributed by atoms with Gasteiger partial charge in [-0.2, -0.15) is 0 Å². The van der Waals surface area contributed by atoms with Crippen LogP contribution in [0.1, 0.15) is 29.2 Å². The lowest BCUT2D eigenvalue weighted by Gasteiger charge is -2.07. The first-order valence-corrected chi connectivity index (χ1v) is 4.18. The lowest BCUT2D eigenvalue weighted by atomic mass is 9.97. The van der Waals surface area contributed by atoms with Gasteiger partial charge in [0.1, 0.15) is 0 Å². The fourth-order valence-corrected chi connectivity index (χ4v) is 1.37. The van der Waals surface area contributed by atoms with E-state index in [1.165, 1.54) is 11.1 Å². The summed E-state index contributed by atoms with van der Waals surface area (Å²) in [5.74, 6) is 0. The van der Waals surface area contributed by atoms with Crippen molar-refractivity contribution >= 4 is 6.29 Å². The standard InChI is InChI=1S/C11H13O/c1-4-10-5-6-11(7-12)9(3)8(10)2/h5-6H,4H2,1-3H3. The predicted octanol–water partition coefficient (Wildman–Crippen LogP) is 2.32. The SMILES string of the molecule is CCc1ccc([C]=O)c(C)c1C. The summed E-state index contributed by atoms with van der Waals surface area (Å²) in [4.78, 5) is 10.5. The third-order valence-electron chi connectivity index (χ3n) is 2.39. The molecule has 0 saturated heterocycles. The molecule has 0 fully saturated rings. The van der Waals surface area contributed by atoms with Gasteiger partial charge in [-0.3, -0.25) is 4.79 Å². The van der Waals surface area contributed by atoms with Gasteiger partial charge in [-0.05, 0) is 37.0 Å². The molecule has 0 atom stereocenters. The average Bonchev–Trinajstić information content (AvgIpc) is 2.10. The minimum Gasteiger partial charge on any atom is -0.285 e. The minimum absolute atomic E-state index is 0.685. The molecule has 1 aromatic rings. The van der Waals surface area contributed by atoms with Crippen LogP contribution < -0.4 is 0 Å². The predicted molar refractivity (Wildman–Crippen MR) is 50.1 cm³/mol. The molecule has 0 bridgehead atoms. The van der Waals surface area contributed by atoms with E-state index in [1.54, 1.807) is 0 Å². The third kappa shape index (κ3) is 1.40. The van der Waals surface area contributed by atoms with Crippen molar-refractivity contribution in [3.8, 4) is 0 Å². The molecule has 0 spiro atoms. The van der Waals surface area contributed by atoms with Crippen LogP contribution in [0.4, 0.5) is 0 Å². The van der Waals surface area contributed by atoms with E-state index < -0.39 is 0 Å². The van der Waals surface area contributed by atoms with Crippen molar-refractivity contribution in [2.45, 2.75) is 27.2 Å². The summed E-state index contributed by atoms with van der Waals surface area (Å²) in [6.45, 7) is 6.13. The second-order valence-electron chi connectivity index (χ2n) is 2.98. The van der Waals surface area contributed by atoms with E-state index in [1.807, 2.05) is 25.3 Å². The van der Waals surface area contributed by atoms with Gasteiger partial charge in [0.2, 0.25) is 6.29 Å². The Morgan fingerprint density at radius 2 is 1.92 bits per heavy atom. The number of hydrogen-bond donors (Lipinski definition) is 0. The summed E-state index contributed by atoms with van der Waals surface area (Å²) in [6.07, 6.45) is 2.96. The smallest absolute Gasteiger partial charge is 0.233 e. The van der Waals surface area contributed by atoms with Crippen molar-refractivity contribution in [3.05, 3.63) is 34.4 Å². The second kappa shape index (κ2) is 3.53. The van der Waals surface area contributed by atoms with Crippen LogP contribution in [0.25, 0.3) is 0 Å². The van der Waals surface area contributed by atoms with Gasteiger partial charge in [0, 0.05) is 5.56 Å². The van der Waals surface area contributed by atoms with Crippen LogP contribution in [-0.4, -0.2) is 6.29 Å². The fraction of sp³-hybridized carbons (Fsp3) is 0.364. The van der Waals surface area contributed by atoms with E-state index in [0.717, 1.165) is 12.0 Å². The molecule has 0 aromatic heterocycles. The van der Waals surface area contributed by atoms with Gasteiger partial charge in [-0.15, -0.1) is 0 Å². The molecule has 1 rings (SSSR count). The van der Waals surface area contributed by atoms with Gasteiger partial charge >= 0.3 is 0 Å². The van der Waals surface area contributed by atoms with Gasteiger partial charge in [-0.1, -0.05) is 19.1 Å². The summed E-state index contributed by atoms with van der Waals surface area (Å²) in [5.41, 5.74) is 4.28. The Labute approximate surface area is 73.4 Å². The molecule has 0 unspecified atom stereocenters. The zero-order valence-corrected chi connectivity index (χ0v) is 7.77. The van der Waals surface area contributed by atoms with Crippen molar-refractivity contribution in [2.75, 3.05) is 0 Å². The number of hydrogen-bond acceptors (Lipinski definition) is 1. The molecule has 1 aromatic carbocycles. The van der Waals surface area contributed by atoms with Crippen molar-refractivity contribution in [3.63, 3.8) is 0 Å². The maximum absolute atomic E-state index is 10.5. The van der Waals surface area contributed by atoms with Gasteiger partial charge in [0.25, 0.3) is 0 Å². The van der Waals surface area contributed by atoms with Crippen molar-refractivity contribution in [1.82, 2.24) is 0 Å². The first kappa shape index (κ1) is 8.98. The Morgan fingerprint density at radius 3 is 2.42 bits per heavy atom. The number of aryl methyl sites for hydroxylation is 1. The minimum atomic E-state index is 0.685. The van der Waals surface area contributed by atoms with E-state index in [0.29, 0.717) is 5.56 Å². The average molecular weight is 161 g/mol. The Kier molecular flexibility index (Phi) is 2.64. The van der Waals surface area contributed by atoms with E-state index in [4.69, 9.17) is 0 Å². The van der Waals surface area contributed by atoms with Crippen molar-refractivity contribution in [1.29, 1.82) is 0 Å². The van der Waals surface area contributed by atoms with E-state index in [2.05, 4.69) is 13.8 Å². The molecule has 1 nitrogen and oxygen atoms in total. The third-order valence-corrected chi connectivity index (χ3v) is 2.39. The second-order valence-corrected chi connectivity index (χ2v) is 2.98. The van der Waals surface area contributed by atoms with Gasteiger partial charge in [0.05, 0.1) is 0 Å². The fourth-order valence-electron chi connectivity index (χ4n) is 1.37. The van der Waals surface area contributed by atoms with Crippen LogP contribution in [0.2, 0.25) is 0 Å². The molecule has 0 aliphatic rings. The Morgan fingerprint density at radius 1 is 1.25 bits per heavy atom. The van der Waals surface area contributed by atoms with Crippen LogP contribution in [0, 0.1) is 13.8 Å². The number of rotatable bonds is 2. The lowest BCUT2D eigenvalue weighted by molar-refractivity contribution is 0.562. The normalized spacial score (nSPS) is 9.92. The molecule has 1 radical (unpaired) electrons. The largest absolute Gasteiger partial charge is 0.285 e. The van der Waals surface area contributed by atoms with Crippen LogP contribution in [0.15, 0.2) is 12.1 Å². The zero-order chi connectivity index (χ0) is 9.14. The molecule has 0 aliphatic carbocycles. The molecule has 0 heterocycles. The molecule has 0 aliphatic heterocycles. The zero-order valence-electron chi connectivity index (χ0n) is 7.77. The van der Waals surface area contributed by atoms with Crippen molar-refractivity contribution < 1.29 is 4.79 Å². The Bertz CT molecular complexity index is 300. The van der Waals surface area contributed by atoms with Crippen LogP contribution >= 0.6 is 0 Å². The van der Waals surface area contributed by atoms with Crippen LogP contribution in [0.3, 0.4) is 0 Å². The molecule has 0 N–H and O–H groups in total. The van der Waals surface area contributed by atoms with Crippen LogP contribution in [-0.2, 0) is 11.2 Å². The van der Waals surface area contributed by atoms with Crippen molar-refractivity contribution in [2.24, 2.45) is 0 Å². The topological polar surface area (TPSA) is 17.1 Å². The first-order chi connectivity index (χ1) is 5.70. The van der Waals surface area contributed by atoms with E-state index in [-0.39, 0.29) is 0 Å².